The molecule has 1 aromatic carbocycles. The summed E-state index contributed by atoms with van der Waals surface area (Å²) in [6.07, 6.45) is 6.45. The van der Waals surface area contributed by atoms with Crippen LogP contribution in [0.15, 0.2) is 30.9 Å². The number of piperazine rings is 1. The highest BCUT2D eigenvalue weighted by Gasteiger charge is 2.61. The first-order valence-electron chi connectivity index (χ1n) is 11.7. The minimum absolute atomic E-state index is 0.0385. The zero-order chi connectivity index (χ0) is 24.7. The van der Waals surface area contributed by atoms with Crippen LogP contribution in [-0.4, -0.2) is 51.6 Å². The van der Waals surface area contributed by atoms with Crippen LogP contribution in [0, 0.1) is 5.41 Å². The molecule has 0 bridgehead atoms. The van der Waals surface area contributed by atoms with Gasteiger partial charge in [-0.05, 0) is 44.4 Å². The van der Waals surface area contributed by atoms with Gasteiger partial charge in [0.15, 0.2) is 0 Å². The molecule has 0 saturated carbocycles. The Balaban J connectivity index is 1.62. The number of allylic oxidation sites excluding steroid dienone is 1. The Morgan fingerprint density at radius 1 is 1.26 bits per heavy atom. The maximum absolute atomic E-state index is 13.7. The fourth-order valence-corrected chi connectivity index (χ4v) is 5.81. The molecule has 4 aliphatic rings. The van der Waals surface area contributed by atoms with Gasteiger partial charge in [0.05, 0.1) is 5.41 Å². The molecule has 8 nitrogen and oxygen atoms in total. The van der Waals surface area contributed by atoms with Gasteiger partial charge < -0.3 is 25.4 Å². The third-order valence-electron chi connectivity index (χ3n) is 7.99. The average molecular weight is 466 g/mol. The maximum Gasteiger partial charge on any atom is 0.274 e. The van der Waals surface area contributed by atoms with E-state index in [4.69, 9.17) is 4.74 Å². The van der Waals surface area contributed by atoms with Gasteiger partial charge in [-0.2, -0.15) is 0 Å². The van der Waals surface area contributed by atoms with E-state index in [9.17, 15) is 19.5 Å². The third-order valence-corrected chi connectivity index (χ3v) is 7.99. The number of nitrogens with one attached hydrogen (secondary N) is 2. The Morgan fingerprint density at radius 3 is 2.71 bits per heavy atom. The van der Waals surface area contributed by atoms with Crippen LogP contribution in [-0.2, 0) is 19.8 Å². The van der Waals surface area contributed by atoms with Crippen molar-refractivity contribution in [1.82, 2.24) is 10.2 Å². The Bertz CT molecular complexity index is 1170. The molecular formula is C26H31N3O5. The summed E-state index contributed by atoms with van der Waals surface area (Å²) in [6, 6.07) is 2.80. The molecule has 4 aliphatic heterocycles. The molecule has 2 unspecified atom stereocenters. The van der Waals surface area contributed by atoms with Crippen molar-refractivity contribution in [3.8, 4) is 5.75 Å². The first-order valence-corrected chi connectivity index (χ1v) is 11.7. The van der Waals surface area contributed by atoms with E-state index >= 15 is 0 Å². The van der Waals surface area contributed by atoms with Gasteiger partial charge in [0.25, 0.3) is 5.91 Å². The number of carbonyl (C=O) groups is 3. The number of amides is 3. The number of hydrogen-bond donors (Lipinski definition) is 3. The van der Waals surface area contributed by atoms with E-state index in [1.54, 1.807) is 6.08 Å². The molecule has 4 heterocycles. The average Bonchev–Trinajstić information content (AvgIpc) is 3.29. The highest BCUT2D eigenvalue weighted by Crippen LogP contribution is 2.55. The lowest BCUT2D eigenvalue weighted by atomic mass is 9.59. The molecule has 0 radical (unpaired) electrons. The number of rotatable bonds is 4. The summed E-state index contributed by atoms with van der Waals surface area (Å²) in [4.78, 5) is 41.2. The van der Waals surface area contributed by atoms with E-state index in [0.29, 0.717) is 24.4 Å². The van der Waals surface area contributed by atoms with Crippen molar-refractivity contribution in [1.29, 1.82) is 0 Å². The van der Waals surface area contributed by atoms with E-state index in [-0.39, 0.29) is 24.7 Å². The van der Waals surface area contributed by atoms with E-state index in [2.05, 4.69) is 17.2 Å². The summed E-state index contributed by atoms with van der Waals surface area (Å²) in [5.41, 5.74) is -2.02. The van der Waals surface area contributed by atoms with Gasteiger partial charge >= 0.3 is 0 Å². The summed E-state index contributed by atoms with van der Waals surface area (Å²) < 4.78 is 6.10. The highest BCUT2D eigenvalue weighted by atomic mass is 16.5. The topological polar surface area (TPSA) is 108 Å². The van der Waals surface area contributed by atoms with Gasteiger partial charge in [0, 0.05) is 35.7 Å². The lowest BCUT2D eigenvalue weighted by molar-refractivity contribution is -0.178. The predicted molar refractivity (Wildman–Crippen MR) is 127 cm³/mol. The van der Waals surface area contributed by atoms with Crippen LogP contribution in [0.4, 0.5) is 5.69 Å². The van der Waals surface area contributed by atoms with Gasteiger partial charge in [-0.1, -0.05) is 26.0 Å². The molecule has 8 heteroatoms. The monoisotopic (exact) mass is 465 g/mol. The van der Waals surface area contributed by atoms with Gasteiger partial charge in [-0.15, -0.1) is 6.58 Å². The molecule has 3 amide bonds. The molecule has 0 aliphatic carbocycles. The molecule has 0 aromatic heterocycles. The molecule has 2 fully saturated rings. The second-order valence-electron chi connectivity index (χ2n) is 10.9. The zero-order valence-electron chi connectivity index (χ0n) is 20.0. The first-order chi connectivity index (χ1) is 15.8. The highest BCUT2D eigenvalue weighted by molar-refractivity contribution is 6.09. The zero-order valence-corrected chi connectivity index (χ0v) is 20.0. The van der Waals surface area contributed by atoms with Crippen molar-refractivity contribution in [2.45, 2.75) is 69.7 Å². The first kappa shape index (κ1) is 22.7. The molecule has 1 aromatic rings. The lowest BCUT2D eigenvalue weighted by Crippen LogP contribution is -2.69. The molecule has 3 N–H and O–H groups in total. The second kappa shape index (κ2) is 6.95. The Morgan fingerprint density at radius 2 is 2.00 bits per heavy atom. The Kier molecular flexibility index (Phi) is 4.63. The molecule has 3 atom stereocenters. The number of anilines is 1. The van der Waals surface area contributed by atoms with Crippen LogP contribution in [0.1, 0.15) is 58.1 Å². The SMILES string of the molecule is C=CC(C)(C)[C@]1(CC2NC(=O)C3(O)CCCN3C2=O)C(=O)Nc2cc3c(cc21)C=CC(C)(C)O3. The summed E-state index contributed by atoms with van der Waals surface area (Å²) in [6.45, 7) is 12.0. The van der Waals surface area contributed by atoms with Crippen LogP contribution in [0.3, 0.4) is 0 Å². The maximum atomic E-state index is 13.7. The Hall–Kier alpha value is -3.13. The smallest absolute Gasteiger partial charge is 0.274 e. The van der Waals surface area contributed by atoms with E-state index in [1.165, 1.54) is 4.90 Å². The van der Waals surface area contributed by atoms with Crippen molar-refractivity contribution >= 4 is 29.5 Å². The van der Waals surface area contributed by atoms with E-state index < -0.39 is 34.1 Å². The lowest BCUT2D eigenvalue weighted by Gasteiger charge is -2.46. The van der Waals surface area contributed by atoms with Crippen molar-refractivity contribution in [3.63, 3.8) is 0 Å². The molecule has 2 saturated heterocycles. The molecule has 5 rings (SSSR count). The normalized spacial score (nSPS) is 31.3. The second-order valence-corrected chi connectivity index (χ2v) is 10.9. The third kappa shape index (κ3) is 2.90. The van der Waals surface area contributed by atoms with Crippen molar-refractivity contribution in [2.24, 2.45) is 5.41 Å². The van der Waals surface area contributed by atoms with Gasteiger partial charge in [-0.3, -0.25) is 14.4 Å². The quantitative estimate of drug-likeness (QED) is 0.592. The van der Waals surface area contributed by atoms with Crippen LogP contribution in [0.2, 0.25) is 0 Å². The molecular weight excluding hydrogens is 434 g/mol. The Labute approximate surface area is 199 Å². The molecule has 0 spiro atoms. The summed E-state index contributed by atoms with van der Waals surface area (Å²) in [7, 11) is 0. The van der Waals surface area contributed by atoms with Gasteiger partial charge in [-0.25, -0.2) is 0 Å². The number of ether oxygens (including phenoxy) is 1. The van der Waals surface area contributed by atoms with Gasteiger partial charge in [0.2, 0.25) is 17.5 Å². The number of benzene rings is 1. The summed E-state index contributed by atoms with van der Waals surface area (Å²) in [5.74, 6) is -0.558. The van der Waals surface area contributed by atoms with E-state index in [1.807, 2.05) is 52.0 Å². The predicted octanol–water partition coefficient (Wildman–Crippen LogP) is 2.47. The largest absolute Gasteiger partial charge is 0.483 e. The fourth-order valence-electron chi connectivity index (χ4n) is 5.81. The van der Waals surface area contributed by atoms with Crippen molar-refractivity contribution in [3.05, 3.63) is 42.0 Å². The van der Waals surface area contributed by atoms with Crippen LogP contribution in [0.25, 0.3) is 6.08 Å². The van der Waals surface area contributed by atoms with Crippen molar-refractivity contribution < 1.29 is 24.2 Å². The van der Waals surface area contributed by atoms with Crippen molar-refractivity contribution in [2.75, 3.05) is 11.9 Å². The minimum atomic E-state index is -1.81. The number of fused-ring (bicyclic) bond motifs is 3. The number of carbonyl (C=O) groups excluding carboxylic acids is 3. The van der Waals surface area contributed by atoms with Gasteiger partial charge in [0.1, 0.15) is 17.4 Å². The van der Waals surface area contributed by atoms with E-state index in [0.717, 1.165) is 11.1 Å². The molecule has 34 heavy (non-hydrogen) atoms. The minimum Gasteiger partial charge on any atom is -0.483 e. The van der Waals surface area contributed by atoms with Crippen LogP contribution in [0.5, 0.6) is 5.75 Å². The number of nitrogens with zero attached hydrogens (tertiary/aromatic N) is 1. The van der Waals surface area contributed by atoms with Crippen LogP contribution >= 0.6 is 0 Å². The summed E-state index contributed by atoms with van der Waals surface area (Å²) >= 11 is 0. The standard InChI is InChI=1S/C26H31N3O5/c1-6-23(2,3)25(14-18-20(30)29-11-7-9-26(29,33)22(32)28-18)16-12-15-8-10-24(4,5)34-19(15)13-17(16)27-21(25)31/h6,8,10,12-13,18,33H,1,7,9,11,14H2,2-5H3,(H,27,31)(H,28,32)/t18?,25-,26?/m0/s1. The summed E-state index contributed by atoms with van der Waals surface area (Å²) in [5, 5.41) is 16.5. The molecule has 180 valence electrons. The fraction of sp³-hybridized carbons (Fsp3) is 0.500. The number of aliphatic hydroxyl groups is 1. The number of hydrogen-bond acceptors (Lipinski definition) is 5. The van der Waals surface area contributed by atoms with Crippen LogP contribution < -0.4 is 15.4 Å².